The highest BCUT2D eigenvalue weighted by molar-refractivity contribution is 6.16. The molecule has 2 aromatic carbocycles. The van der Waals surface area contributed by atoms with E-state index in [4.69, 9.17) is 20.2 Å². The molecular weight excluding hydrogens is 534 g/mol. The number of nitrogens with two attached hydrogens (primary N) is 1. The van der Waals surface area contributed by atoms with Crippen molar-refractivity contribution in [2.24, 2.45) is 10.7 Å². The summed E-state index contributed by atoms with van der Waals surface area (Å²) in [5.41, 5.74) is 6.94. The first-order valence-electron chi connectivity index (χ1n) is 13.2. The molecule has 0 saturated heterocycles. The summed E-state index contributed by atoms with van der Waals surface area (Å²) in [7, 11) is 7.72. The van der Waals surface area contributed by atoms with Crippen LogP contribution < -0.4 is 25.4 Å². The van der Waals surface area contributed by atoms with Gasteiger partial charge < -0.3 is 35.2 Å². The zero-order valence-corrected chi connectivity index (χ0v) is 23.7. The summed E-state index contributed by atoms with van der Waals surface area (Å²) in [4.78, 5) is 22.0. The summed E-state index contributed by atoms with van der Waals surface area (Å²) in [6.45, 7) is 3.30. The smallest absolute Gasteiger partial charge is 0.239 e. The lowest BCUT2D eigenvalue weighted by Crippen LogP contribution is -2.41. The van der Waals surface area contributed by atoms with Crippen LogP contribution in [0.5, 0.6) is 11.5 Å². The molecule has 0 aliphatic carbocycles. The van der Waals surface area contributed by atoms with Gasteiger partial charge in [-0.05, 0) is 45.8 Å². The Morgan fingerprint density at radius 2 is 1.98 bits per heavy atom. The number of anilines is 2. The van der Waals surface area contributed by atoms with Crippen molar-refractivity contribution >= 4 is 28.8 Å². The number of rotatable bonds is 13. The minimum absolute atomic E-state index is 0.00380. The predicted molar refractivity (Wildman–Crippen MR) is 154 cm³/mol. The number of halogens is 2. The molecule has 4 rings (SSSR count). The number of aromatic nitrogens is 2. The van der Waals surface area contributed by atoms with E-state index in [-0.39, 0.29) is 18.9 Å². The zero-order chi connectivity index (χ0) is 29.5. The fraction of sp³-hybridized carbons (Fsp3) is 0.393. The van der Waals surface area contributed by atoms with Crippen LogP contribution in [0.15, 0.2) is 47.7 Å². The number of fused-ring (bicyclic) bond motifs is 1. The van der Waals surface area contributed by atoms with E-state index in [2.05, 4.69) is 27.3 Å². The maximum Gasteiger partial charge on any atom is 0.239 e. The summed E-state index contributed by atoms with van der Waals surface area (Å²) in [5.74, 6) is -1.19. The first-order chi connectivity index (χ1) is 19.7. The third kappa shape index (κ3) is 7.50. The lowest BCUT2D eigenvalue weighted by Gasteiger charge is -2.33. The minimum atomic E-state index is -1.00. The summed E-state index contributed by atoms with van der Waals surface area (Å²) in [5, 5.41) is 7.38. The molecule has 0 radical (unpaired) electrons. The number of benzene rings is 2. The molecule has 41 heavy (non-hydrogen) atoms. The summed E-state index contributed by atoms with van der Waals surface area (Å²) in [6, 6.07) is 7.52. The van der Waals surface area contributed by atoms with Gasteiger partial charge in [0.15, 0.2) is 23.1 Å². The Morgan fingerprint density at radius 1 is 1.17 bits per heavy atom. The molecule has 11 nitrogen and oxygen atoms in total. The summed E-state index contributed by atoms with van der Waals surface area (Å²) >= 11 is 0. The second kappa shape index (κ2) is 13.4. The Hall–Kier alpha value is -4.23. The van der Waals surface area contributed by atoms with E-state index in [9.17, 15) is 13.6 Å². The van der Waals surface area contributed by atoms with Crippen molar-refractivity contribution in [2.75, 3.05) is 71.4 Å². The fourth-order valence-corrected chi connectivity index (χ4v) is 4.35. The van der Waals surface area contributed by atoms with Gasteiger partial charge in [-0.1, -0.05) is 6.07 Å². The molecule has 1 aliphatic rings. The summed E-state index contributed by atoms with van der Waals surface area (Å²) in [6.07, 6.45) is 3.83. The van der Waals surface area contributed by atoms with Crippen molar-refractivity contribution in [1.29, 1.82) is 0 Å². The van der Waals surface area contributed by atoms with Crippen LogP contribution in [0.25, 0.3) is 0 Å². The second-order valence-electron chi connectivity index (χ2n) is 9.99. The number of amides is 1. The van der Waals surface area contributed by atoms with E-state index in [1.54, 1.807) is 12.3 Å². The molecule has 0 saturated carbocycles. The van der Waals surface area contributed by atoms with Crippen molar-refractivity contribution in [1.82, 2.24) is 19.6 Å². The normalized spacial score (nSPS) is 14.0. The van der Waals surface area contributed by atoms with Crippen molar-refractivity contribution in [2.45, 2.75) is 13.0 Å². The number of carbonyl (C=O) groups is 1. The first-order valence-corrected chi connectivity index (χ1v) is 13.2. The van der Waals surface area contributed by atoms with Crippen LogP contribution in [0.1, 0.15) is 12.0 Å². The molecule has 0 atom stereocenters. The third-order valence-electron chi connectivity index (χ3n) is 6.49. The maximum atomic E-state index is 14.9. The monoisotopic (exact) mass is 570 g/mol. The number of primary amides is 1. The number of carbonyl (C=O) groups excluding carboxylic acids is 1. The maximum absolute atomic E-state index is 14.9. The Labute approximate surface area is 238 Å². The molecule has 13 heteroatoms. The molecule has 0 bridgehead atoms. The van der Waals surface area contributed by atoms with Crippen LogP contribution in [-0.2, 0) is 11.3 Å². The van der Waals surface area contributed by atoms with E-state index in [1.807, 2.05) is 20.2 Å². The lowest BCUT2D eigenvalue weighted by molar-refractivity contribution is -0.118. The van der Waals surface area contributed by atoms with Gasteiger partial charge in [-0.25, -0.2) is 13.8 Å². The average molecular weight is 571 g/mol. The van der Waals surface area contributed by atoms with Gasteiger partial charge in [-0.2, -0.15) is 5.10 Å². The van der Waals surface area contributed by atoms with E-state index < -0.39 is 17.5 Å². The third-order valence-corrected chi connectivity index (χ3v) is 6.49. The largest absolute Gasteiger partial charge is 0.493 e. The van der Waals surface area contributed by atoms with E-state index in [1.165, 1.54) is 35.0 Å². The van der Waals surface area contributed by atoms with Gasteiger partial charge in [0.1, 0.15) is 18.1 Å². The van der Waals surface area contributed by atoms with Gasteiger partial charge in [0.2, 0.25) is 5.91 Å². The summed E-state index contributed by atoms with van der Waals surface area (Å²) < 4.78 is 42.2. The van der Waals surface area contributed by atoms with Crippen LogP contribution in [0.3, 0.4) is 0 Å². The second-order valence-corrected chi connectivity index (χ2v) is 9.99. The molecule has 0 unspecified atom stereocenters. The van der Waals surface area contributed by atoms with Crippen LogP contribution in [-0.4, -0.2) is 92.5 Å². The molecule has 1 amide bonds. The number of methoxy groups -OCH3 is 1. The highest BCUT2D eigenvalue weighted by atomic mass is 19.2. The van der Waals surface area contributed by atoms with Crippen LogP contribution in [0.4, 0.5) is 25.8 Å². The van der Waals surface area contributed by atoms with Gasteiger partial charge >= 0.3 is 0 Å². The van der Waals surface area contributed by atoms with E-state index in [0.717, 1.165) is 32.1 Å². The van der Waals surface area contributed by atoms with Crippen molar-refractivity contribution in [3.05, 3.63) is 59.9 Å². The number of nitrogens with zero attached hydrogens (tertiary/aromatic N) is 6. The van der Waals surface area contributed by atoms with E-state index >= 15 is 0 Å². The number of hydrogen-bond acceptors (Lipinski definition) is 8. The fourth-order valence-electron chi connectivity index (χ4n) is 4.35. The molecular formula is C28H36F2N8O3. The Kier molecular flexibility index (Phi) is 9.73. The highest BCUT2D eigenvalue weighted by Gasteiger charge is 2.29. The number of ether oxygens (including phenoxy) is 2. The molecule has 0 spiro atoms. The molecule has 3 aromatic rings. The number of hydrogen-bond donors (Lipinski definition) is 2. The van der Waals surface area contributed by atoms with Crippen LogP contribution in [0.2, 0.25) is 0 Å². The Morgan fingerprint density at radius 3 is 2.71 bits per heavy atom. The number of aliphatic imine (C=N–C) groups is 1. The molecule has 3 N–H and O–H groups in total. The van der Waals surface area contributed by atoms with E-state index in [0.29, 0.717) is 40.9 Å². The van der Waals surface area contributed by atoms with Crippen LogP contribution in [0, 0.1) is 11.6 Å². The molecule has 220 valence electrons. The quantitative estimate of drug-likeness (QED) is 0.302. The van der Waals surface area contributed by atoms with Gasteiger partial charge in [-0.15, -0.1) is 0 Å². The van der Waals surface area contributed by atoms with Crippen molar-refractivity contribution in [3.63, 3.8) is 0 Å². The first kappa shape index (κ1) is 29.7. The highest BCUT2D eigenvalue weighted by Crippen LogP contribution is 2.38. The Balaban J connectivity index is 1.63. The number of likely N-dealkylation sites (N-methyl/N-ethyl adjacent to an activating group) is 2. The van der Waals surface area contributed by atoms with Crippen molar-refractivity contribution < 1.29 is 23.0 Å². The van der Waals surface area contributed by atoms with Crippen LogP contribution >= 0.6 is 0 Å². The minimum Gasteiger partial charge on any atom is -0.493 e. The average Bonchev–Trinajstić information content (AvgIpc) is 3.37. The van der Waals surface area contributed by atoms with Crippen molar-refractivity contribution in [3.8, 4) is 11.5 Å². The number of amidine groups is 1. The molecule has 2 heterocycles. The SMILES string of the molecule is COc1cc2c(cc1OCCCN(C)CCN(C)C)NCN(c1cccc(F)c1F)C2=Nc1cnn(CC(N)=O)c1. The molecule has 0 fully saturated rings. The van der Waals surface area contributed by atoms with Gasteiger partial charge in [0.05, 0.1) is 44.2 Å². The van der Waals surface area contributed by atoms with Gasteiger partial charge in [-0.3, -0.25) is 9.48 Å². The topological polar surface area (TPSA) is 113 Å². The molecule has 1 aromatic heterocycles. The lowest BCUT2D eigenvalue weighted by atomic mass is 10.1. The Bertz CT molecular complexity index is 1390. The number of nitrogens with one attached hydrogen (secondary N) is 1. The standard InChI is InChI=1S/C28H36F2N8O3/c1-35(2)10-11-36(3)9-6-12-41-25-14-22-20(13-24(25)40-4)28(34-19-15-33-37(16-19)17-26(31)39)38(18-32-22)23-8-5-7-21(29)27(23)30/h5,7-8,13-16,32H,6,9-12,17-18H2,1-4H3,(H2,31,39). The zero-order valence-electron chi connectivity index (χ0n) is 23.7. The predicted octanol–water partition coefficient (Wildman–Crippen LogP) is 2.89. The van der Waals surface area contributed by atoms with Gasteiger partial charge in [0, 0.05) is 31.3 Å². The van der Waals surface area contributed by atoms with Gasteiger partial charge in [0.25, 0.3) is 0 Å². The molecule has 1 aliphatic heterocycles.